The smallest absolute Gasteiger partial charge is 0.242 e. The normalized spacial score (nSPS) is 24.7. The van der Waals surface area contributed by atoms with E-state index in [-0.39, 0.29) is 17.5 Å². The molecule has 1 aliphatic rings. The van der Waals surface area contributed by atoms with Crippen molar-refractivity contribution in [3.8, 4) is 0 Å². The maximum absolute atomic E-state index is 11.8. The van der Waals surface area contributed by atoms with Gasteiger partial charge >= 0.3 is 0 Å². The van der Waals surface area contributed by atoms with Crippen molar-refractivity contribution >= 4 is 5.91 Å². The predicted molar refractivity (Wildman–Crippen MR) is 57.2 cm³/mol. The number of pyridine rings is 1. The van der Waals surface area contributed by atoms with Gasteiger partial charge in [0.05, 0.1) is 0 Å². The zero-order valence-electron chi connectivity index (χ0n) is 8.95. The maximum Gasteiger partial charge on any atom is 0.242 e. The van der Waals surface area contributed by atoms with E-state index >= 15 is 0 Å². The molecule has 1 amide bonds. The molecule has 1 unspecified atom stereocenters. The van der Waals surface area contributed by atoms with Gasteiger partial charge < -0.3 is 5.32 Å². The van der Waals surface area contributed by atoms with Crippen LogP contribution in [0.5, 0.6) is 0 Å². The summed E-state index contributed by atoms with van der Waals surface area (Å²) < 4.78 is 0. The van der Waals surface area contributed by atoms with Gasteiger partial charge in [-0.25, -0.2) is 0 Å². The summed E-state index contributed by atoms with van der Waals surface area (Å²) in [6.45, 7) is 4.76. The van der Waals surface area contributed by atoms with Gasteiger partial charge in [-0.3, -0.25) is 15.1 Å². The fraction of sp³-hybridized carbons (Fsp3) is 0.455. The second kappa shape index (κ2) is 3.62. The van der Waals surface area contributed by atoms with Crippen LogP contribution in [0.4, 0.5) is 0 Å². The highest BCUT2D eigenvalue weighted by Gasteiger charge is 2.32. The van der Waals surface area contributed by atoms with Gasteiger partial charge in [0.25, 0.3) is 0 Å². The minimum Gasteiger partial charge on any atom is -0.348 e. The Morgan fingerprint density at radius 3 is 2.93 bits per heavy atom. The third-order valence-electron chi connectivity index (χ3n) is 2.49. The van der Waals surface area contributed by atoms with Crippen LogP contribution < -0.4 is 10.6 Å². The summed E-state index contributed by atoms with van der Waals surface area (Å²) >= 11 is 0. The second-order valence-electron chi connectivity index (χ2n) is 4.47. The lowest BCUT2D eigenvalue weighted by atomic mass is 9.97. The zero-order valence-corrected chi connectivity index (χ0v) is 8.95. The molecule has 0 bridgehead atoms. The van der Waals surface area contributed by atoms with Crippen molar-refractivity contribution in [3.05, 3.63) is 30.1 Å². The fourth-order valence-electron chi connectivity index (χ4n) is 1.72. The minimum atomic E-state index is -0.272. The van der Waals surface area contributed by atoms with Crippen LogP contribution in [-0.4, -0.2) is 23.0 Å². The van der Waals surface area contributed by atoms with E-state index < -0.39 is 0 Å². The first-order chi connectivity index (χ1) is 7.08. The van der Waals surface area contributed by atoms with Crippen molar-refractivity contribution < 1.29 is 4.79 Å². The molecule has 2 heterocycles. The number of rotatable bonds is 1. The Bertz CT molecular complexity index is 361. The first kappa shape index (κ1) is 10.1. The van der Waals surface area contributed by atoms with E-state index in [1.165, 1.54) is 0 Å². The van der Waals surface area contributed by atoms with Crippen LogP contribution in [0.2, 0.25) is 0 Å². The molecule has 1 atom stereocenters. The van der Waals surface area contributed by atoms with E-state index in [1.54, 1.807) is 12.4 Å². The number of carbonyl (C=O) groups excluding carboxylic acids is 1. The summed E-state index contributed by atoms with van der Waals surface area (Å²) in [5.74, 6) is 0.0132. The summed E-state index contributed by atoms with van der Waals surface area (Å²) in [6, 6.07) is 3.47. The highest BCUT2D eigenvalue weighted by molar-refractivity contribution is 5.84. The Morgan fingerprint density at radius 2 is 2.33 bits per heavy atom. The molecule has 0 spiro atoms. The molecule has 1 aliphatic heterocycles. The fourth-order valence-corrected chi connectivity index (χ4v) is 1.72. The number of carbonyl (C=O) groups is 1. The molecular formula is C11H15N3O. The van der Waals surface area contributed by atoms with Gasteiger partial charge in [-0.2, -0.15) is 0 Å². The molecule has 1 aromatic rings. The Balaban J connectivity index is 2.17. The van der Waals surface area contributed by atoms with Gasteiger partial charge in [-0.1, -0.05) is 6.07 Å². The van der Waals surface area contributed by atoms with Crippen LogP contribution >= 0.6 is 0 Å². The first-order valence-corrected chi connectivity index (χ1v) is 5.04. The minimum absolute atomic E-state index is 0.0132. The molecule has 0 radical (unpaired) electrons. The van der Waals surface area contributed by atoms with E-state index in [4.69, 9.17) is 0 Å². The van der Waals surface area contributed by atoms with E-state index in [1.807, 2.05) is 26.0 Å². The van der Waals surface area contributed by atoms with Crippen molar-refractivity contribution in [2.75, 3.05) is 6.54 Å². The van der Waals surface area contributed by atoms with Gasteiger partial charge in [-0.15, -0.1) is 0 Å². The number of aromatic nitrogens is 1. The monoisotopic (exact) mass is 205 g/mol. The van der Waals surface area contributed by atoms with E-state index in [0.29, 0.717) is 0 Å². The molecule has 15 heavy (non-hydrogen) atoms. The molecule has 0 aromatic carbocycles. The van der Waals surface area contributed by atoms with Crippen LogP contribution in [-0.2, 0) is 4.79 Å². The van der Waals surface area contributed by atoms with Crippen LogP contribution in [0.15, 0.2) is 24.5 Å². The van der Waals surface area contributed by atoms with Crippen molar-refractivity contribution in [2.45, 2.75) is 25.4 Å². The third-order valence-corrected chi connectivity index (χ3v) is 2.49. The topological polar surface area (TPSA) is 54.0 Å². The molecule has 2 N–H and O–H groups in total. The van der Waals surface area contributed by atoms with E-state index in [9.17, 15) is 4.79 Å². The molecule has 80 valence electrons. The standard InChI is InChI=1S/C11H15N3O/c1-11(2)7-13-9(10(15)14-11)8-4-3-5-12-6-8/h3-6,9,13H,7H2,1-2H3,(H,14,15). The van der Waals surface area contributed by atoms with Gasteiger partial charge in [0, 0.05) is 24.5 Å². The predicted octanol–water partition coefficient (Wildman–Crippen LogP) is 0.621. The SMILES string of the molecule is CC1(C)CNC(c2cccnc2)C(=O)N1. The average molecular weight is 205 g/mol. The lowest BCUT2D eigenvalue weighted by Gasteiger charge is -2.36. The molecule has 1 aromatic heterocycles. The van der Waals surface area contributed by atoms with Crippen molar-refractivity contribution in [1.29, 1.82) is 0 Å². The zero-order chi connectivity index (χ0) is 10.9. The lowest BCUT2D eigenvalue weighted by Crippen LogP contribution is -2.59. The molecular weight excluding hydrogens is 190 g/mol. The summed E-state index contributed by atoms with van der Waals surface area (Å²) in [5, 5.41) is 6.20. The van der Waals surface area contributed by atoms with E-state index in [0.717, 1.165) is 12.1 Å². The number of hydrogen-bond donors (Lipinski definition) is 2. The van der Waals surface area contributed by atoms with Crippen molar-refractivity contribution in [2.24, 2.45) is 0 Å². The number of nitrogens with zero attached hydrogens (tertiary/aromatic N) is 1. The number of amides is 1. The van der Waals surface area contributed by atoms with Crippen molar-refractivity contribution in [3.63, 3.8) is 0 Å². The van der Waals surface area contributed by atoms with Gasteiger partial charge in [-0.05, 0) is 25.5 Å². The Morgan fingerprint density at radius 1 is 1.53 bits per heavy atom. The molecule has 1 fully saturated rings. The second-order valence-corrected chi connectivity index (χ2v) is 4.47. The summed E-state index contributed by atoms with van der Waals surface area (Å²) in [4.78, 5) is 15.8. The summed E-state index contributed by atoms with van der Waals surface area (Å²) in [6.07, 6.45) is 3.42. The van der Waals surface area contributed by atoms with Crippen LogP contribution in [0, 0.1) is 0 Å². The van der Waals surface area contributed by atoms with Crippen LogP contribution in [0.3, 0.4) is 0 Å². The molecule has 4 heteroatoms. The highest BCUT2D eigenvalue weighted by atomic mass is 16.2. The van der Waals surface area contributed by atoms with Crippen LogP contribution in [0.1, 0.15) is 25.5 Å². The third kappa shape index (κ3) is 2.15. The molecule has 1 saturated heterocycles. The van der Waals surface area contributed by atoms with Crippen molar-refractivity contribution in [1.82, 2.24) is 15.6 Å². The number of nitrogens with one attached hydrogen (secondary N) is 2. The molecule has 0 saturated carbocycles. The van der Waals surface area contributed by atoms with Gasteiger partial charge in [0.2, 0.25) is 5.91 Å². The molecule has 2 rings (SSSR count). The first-order valence-electron chi connectivity index (χ1n) is 5.04. The largest absolute Gasteiger partial charge is 0.348 e. The van der Waals surface area contributed by atoms with Crippen LogP contribution in [0.25, 0.3) is 0 Å². The lowest BCUT2D eigenvalue weighted by molar-refractivity contribution is -0.126. The molecule has 4 nitrogen and oxygen atoms in total. The Kier molecular flexibility index (Phi) is 2.44. The number of hydrogen-bond acceptors (Lipinski definition) is 3. The Labute approximate surface area is 89.1 Å². The quantitative estimate of drug-likeness (QED) is 0.706. The summed E-state index contributed by atoms with van der Waals surface area (Å²) in [5.41, 5.74) is 0.737. The van der Waals surface area contributed by atoms with E-state index in [2.05, 4.69) is 15.6 Å². The van der Waals surface area contributed by atoms with Gasteiger partial charge in [0.15, 0.2) is 0 Å². The number of piperazine rings is 1. The highest BCUT2D eigenvalue weighted by Crippen LogP contribution is 2.18. The average Bonchev–Trinajstić information content (AvgIpc) is 2.17. The Hall–Kier alpha value is -1.42. The maximum atomic E-state index is 11.8. The summed E-state index contributed by atoms with van der Waals surface area (Å²) in [7, 11) is 0. The molecule has 0 aliphatic carbocycles. The van der Waals surface area contributed by atoms with Gasteiger partial charge in [0.1, 0.15) is 6.04 Å².